The quantitative estimate of drug-likeness (QED) is 0.829. The van der Waals surface area contributed by atoms with Gasteiger partial charge in [-0.3, -0.25) is 0 Å². The Bertz CT molecular complexity index is 835. The van der Waals surface area contributed by atoms with Crippen LogP contribution in [0.25, 0.3) is 0 Å². The highest BCUT2D eigenvalue weighted by Crippen LogP contribution is 2.44. The molecule has 1 fully saturated rings. The van der Waals surface area contributed by atoms with E-state index in [1.165, 1.54) is 31.4 Å². The van der Waals surface area contributed by atoms with Gasteiger partial charge in [-0.05, 0) is 30.7 Å². The van der Waals surface area contributed by atoms with Crippen molar-refractivity contribution in [3.63, 3.8) is 0 Å². The Hall–Kier alpha value is -2.77. The molecule has 2 aromatic carbocycles. The Morgan fingerprint density at radius 1 is 1.07 bits per heavy atom. The molecule has 0 radical (unpaired) electrons. The molecule has 142 valence electrons. The van der Waals surface area contributed by atoms with Crippen LogP contribution in [0.4, 0.5) is 4.39 Å². The first-order chi connectivity index (χ1) is 12.9. The van der Waals surface area contributed by atoms with Crippen LogP contribution >= 0.6 is 0 Å². The number of alkyl halides is 1. The molecule has 0 saturated carbocycles. The Morgan fingerprint density at radius 3 is 2.37 bits per heavy atom. The van der Waals surface area contributed by atoms with Crippen molar-refractivity contribution in [3.05, 3.63) is 71.3 Å². The molecule has 27 heavy (non-hydrogen) atoms. The zero-order valence-electron chi connectivity index (χ0n) is 14.8. The normalized spacial score (nSPS) is 27.2. The molecule has 6 nitrogen and oxygen atoms in total. The maximum Gasteiger partial charge on any atom is 0.338 e. The highest BCUT2D eigenvalue weighted by Gasteiger charge is 2.57. The minimum atomic E-state index is -2.38. The van der Waals surface area contributed by atoms with E-state index in [0.717, 1.165) is 6.92 Å². The molecule has 2 aromatic rings. The van der Waals surface area contributed by atoms with Crippen LogP contribution in [-0.4, -0.2) is 42.2 Å². The first-order valence-corrected chi connectivity index (χ1v) is 8.32. The molecule has 1 aliphatic heterocycles. The predicted molar refractivity (Wildman–Crippen MR) is 92.8 cm³/mol. The number of halogens is 1. The van der Waals surface area contributed by atoms with Crippen LogP contribution in [0.1, 0.15) is 39.3 Å². The van der Waals surface area contributed by atoms with Crippen LogP contribution in [0.15, 0.2) is 54.6 Å². The zero-order chi connectivity index (χ0) is 19.6. The first kappa shape index (κ1) is 19.0. The van der Waals surface area contributed by atoms with Crippen LogP contribution < -0.4 is 0 Å². The number of carbonyl (C=O) groups is 2. The van der Waals surface area contributed by atoms with E-state index >= 15 is 4.39 Å². The molecule has 3 rings (SSSR count). The molecule has 1 heterocycles. The van der Waals surface area contributed by atoms with E-state index in [0.29, 0.717) is 0 Å². The average molecular weight is 374 g/mol. The number of aliphatic hydroxyl groups is 1. The van der Waals surface area contributed by atoms with Gasteiger partial charge in [0.25, 0.3) is 0 Å². The van der Waals surface area contributed by atoms with Crippen molar-refractivity contribution in [2.45, 2.75) is 31.1 Å². The number of carbonyl (C=O) groups excluding carboxylic acids is 2. The summed E-state index contributed by atoms with van der Waals surface area (Å²) >= 11 is 0. The smallest absolute Gasteiger partial charge is 0.338 e. The maximum atomic E-state index is 15.1. The van der Waals surface area contributed by atoms with Crippen molar-refractivity contribution in [1.82, 2.24) is 0 Å². The highest BCUT2D eigenvalue weighted by molar-refractivity contribution is 5.91. The van der Waals surface area contributed by atoms with Crippen molar-refractivity contribution in [2.24, 2.45) is 0 Å². The third-order valence-electron chi connectivity index (χ3n) is 4.51. The van der Waals surface area contributed by atoms with Gasteiger partial charge >= 0.3 is 11.9 Å². The van der Waals surface area contributed by atoms with E-state index in [2.05, 4.69) is 0 Å². The standard InChI is InChI=1S/C20H19FO6/c1-20(21)16(27-17(22)12-8-4-3-5-9-12)15(26-19(20)24)13-10-6-7-11-14(13)18(23)25-2/h3-11,15-16,19,24H,1-2H3/t15-,16-,19?,20-/m1/s1. The Morgan fingerprint density at radius 2 is 1.70 bits per heavy atom. The molecular formula is C20H19FO6. The molecular weight excluding hydrogens is 355 g/mol. The van der Waals surface area contributed by atoms with Crippen molar-refractivity contribution >= 4 is 11.9 Å². The fourth-order valence-electron chi connectivity index (χ4n) is 2.99. The fourth-order valence-corrected chi connectivity index (χ4v) is 2.99. The Balaban J connectivity index is 1.97. The van der Waals surface area contributed by atoms with Crippen LogP contribution in [-0.2, 0) is 14.2 Å². The molecule has 1 N–H and O–H groups in total. The molecule has 4 atom stereocenters. The molecule has 0 amide bonds. The number of benzene rings is 2. The third kappa shape index (κ3) is 3.56. The third-order valence-corrected chi connectivity index (χ3v) is 4.51. The summed E-state index contributed by atoms with van der Waals surface area (Å²) in [4.78, 5) is 24.5. The molecule has 0 bridgehead atoms. The predicted octanol–water partition coefficient (Wildman–Crippen LogP) is 2.82. The minimum absolute atomic E-state index is 0.135. The van der Waals surface area contributed by atoms with Crippen molar-refractivity contribution < 1.29 is 33.3 Å². The topological polar surface area (TPSA) is 82.1 Å². The highest BCUT2D eigenvalue weighted by atomic mass is 19.1. The molecule has 1 saturated heterocycles. The van der Waals surface area contributed by atoms with Crippen LogP contribution in [0.2, 0.25) is 0 Å². The Labute approximate surface area is 155 Å². The molecule has 7 heteroatoms. The number of methoxy groups -OCH3 is 1. The molecule has 0 aromatic heterocycles. The largest absolute Gasteiger partial charge is 0.465 e. The van der Waals surface area contributed by atoms with E-state index in [1.807, 2.05) is 0 Å². The van der Waals surface area contributed by atoms with Gasteiger partial charge in [-0.25, -0.2) is 14.0 Å². The monoisotopic (exact) mass is 374 g/mol. The zero-order valence-corrected chi connectivity index (χ0v) is 14.8. The number of esters is 2. The summed E-state index contributed by atoms with van der Waals surface area (Å²) in [5.74, 6) is -1.41. The molecule has 1 aliphatic rings. The number of hydrogen-bond donors (Lipinski definition) is 1. The number of aliphatic hydroxyl groups excluding tert-OH is 1. The van der Waals surface area contributed by atoms with Gasteiger partial charge in [0.2, 0.25) is 0 Å². The number of rotatable bonds is 4. The maximum absolute atomic E-state index is 15.1. The lowest BCUT2D eigenvalue weighted by Gasteiger charge is -2.26. The van der Waals surface area contributed by atoms with Crippen molar-refractivity contribution in [1.29, 1.82) is 0 Å². The van der Waals surface area contributed by atoms with Crippen molar-refractivity contribution in [3.8, 4) is 0 Å². The van der Waals surface area contributed by atoms with E-state index in [1.54, 1.807) is 30.3 Å². The first-order valence-electron chi connectivity index (χ1n) is 8.32. The van der Waals surface area contributed by atoms with Gasteiger partial charge in [-0.1, -0.05) is 36.4 Å². The van der Waals surface area contributed by atoms with E-state index < -0.39 is 36.1 Å². The van der Waals surface area contributed by atoms with Gasteiger partial charge in [0.1, 0.15) is 6.10 Å². The van der Waals surface area contributed by atoms with Crippen LogP contribution in [0.3, 0.4) is 0 Å². The molecule has 1 unspecified atom stereocenters. The number of ether oxygens (including phenoxy) is 3. The summed E-state index contributed by atoms with van der Waals surface area (Å²) in [6.45, 7) is 1.08. The second-order valence-electron chi connectivity index (χ2n) is 6.33. The lowest BCUT2D eigenvalue weighted by atomic mass is 9.92. The van der Waals surface area contributed by atoms with E-state index in [-0.39, 0.29) is 16.7 Å². The summed E-state index contributed by atoms with van der Waals surface area (Å²) in [6, 6.07) is 14.3. The minimum Gasteiger partial charge on any atom is -0.465 e. The van der Waals surface area contributed by atoms with Crippen LogP contribution in [0, 0.1) is 0 Å². The van der Waals surface area contributed by atoms with Gasteiger partial charge < -0.3 is 19.3 Å². The SMILES string of the molecule is COC(=O)c1ccccc1[C@H]1OC(O)[C@](C)(F)[C@@H]1OC(=O)c1ccccc1. The van der Waals surface area contributed by atoms with Crippen LogP contribution in [0.5, 0.6) is 0 Å². The molecule has 0 aliphatic carbocycles. The average Bonchev–Trinajstić information content (AvgIpc) is 2.91. The van der Waals surface area contributed by atoms with Gasteiger partial charge in [-0.2, -0.15) is 0 Å². The number of hydrogen-bond acceptors (Lipinski definition) is 6. The second kappa shape index (κ2) is 7.46. The van der Waals surface area contributed by atoms with Crippen molar-refractivity contribution in [2.75, 3.05) is 7.11 Å². The van der Waals surface area contributed by atoms with Gasteiger partial charge in [-0.15, -0.1) is 0 Å². The molecule has 0 spiro atoms. The van der Waals surface area contributed by atoms with Gasteiger partial charge in [0.05, 0.1) is 18.2 Å². The summed E-state index contributed by atoms with van der Waals surface area (Å²) in [6.07, 6.45) is -4.48. The summed E-state index contributed by atoms with van der Waals surface area (Å²) in [7, 11) is 1.22. The van der Waals surface area contributed by atoms with E-state index in [9.17, 15) is 14.7 Å². The lowest BCUT2D eigenvalue weighted by Crippen LogP contribution is -2.42. The summed E-state index contributed by atoms with van der Waals surface area (Å²) < 4.78 is 30.6. The van der Waals surface area contributed by atoms with Gasteiger partial charge in [0.15, 0.2) is 18.1 Å². The fraction of sp³-hybridized carbons (Fsp3) is 0.300. The van der Waals surface area contributed by atoms with E-state index in [4.69, 9.17) is 14.2 Å². The lowest BCUT2D eigenvalue weighted by molar-refractivity contribution is -0.140. The summed E-state index contributed by atoms with van der Waals surface area (Å²) in [5, 5.41) is 10.0. The van der Waals surface area contributed by atoms with Gasteiger partial charge in [0, 0.05) is 0 Å². The Kier molecular flexibility index (Phi) is 5.25. The second-order valence-corrected chi connectivity index (χ2v) is 6.33. The summed E-state index contributed by atoms with van der Waals surface area (Å²) in [5.41, 5.74) is -1.75.